The molecule has 0 aromatic carbocycles. The number of hydrogen-bond donors (Lipinski definition) is 2. The van der Waals surface area contributed by atoms with Gasteiger partial charge in [-0.2, -0.15) is 0 Å². The van der Waals surface area contributed by atoms with E-state index in [0.717, 1.165) is 0 Å². The Morgan fingerprint density at radius 3 is 3.07 bits per heavy atom. The van der Waals surface area contributed by atoms with Crippen molar-refractivity contribution in [3.63, 3.8) is 0 Å². The number of nitrogens with one attached hydrogen (secondary N) is 2. The lowest BCUT2D eigenvalue weighted by Crippen LogP contribution is -2.28. The van der Waals surface area contributed by atoms with Crippen LogP contribution in [-0.4, -0.2) is 29.0 Å². The minimum atomic E-state index is -0.188. The molecule has 1 heterocycles. The maximum absolute atomic E-state index is 11.3. The number of aromatic nitrogens is 2. The van der Waals surface area contributed by atoms with Crippen molar-refractivity contribution < 1.29 is 4.79 Å². The van der Waals surface area contributed by atoms with Crippen LogP contribution in [0, 0.1) is 0 Å². The third-order valence-corrected chi connectivity index (χ3v) is 1.68. The highest BCUT2D eigenvalue weighted by Gasteiger charge is 2.02. The molecule has 1 aromatic heterocycles. The Morgan fingerprint density at radius 1 is 1.60 bits per heavy atom. The average molecular weight is 227 g/mol. The Labute approximate surface area is 92.6 Å². The predicted molar refractivity (Wildman–Crippen MR) is 58.7 cm³/mol. The van der Waals surface area contributed by atoms with Crippen molar-refractivity contribution in [1.29, 1.82) is 0 Å². The van der Waals surface area contributed by atoms with E-state index in [4.69, 9.17) is 11.6 Å². The smallest absolute Gasteiger partial charge is 0.239 e. The number of rotatable bonds is 5. The summed E-state index contributed by atoms with van der Waals surface area (Å²) in [4.78, 5) is 18.8. The molecule has 15 heavy (non-hydrogen) atoms. The van der Waals surface area contributed by atoms with E-state index in [1.807, 2.05) is 0 Å². The summed E-state index contributed by atoms with van der Waals surface area (Å²) in [6, 6.07) is 1.48. The molecule has 0 unspecified atom stereocenters. The molecule has 5 nitrogen and oxygen atoms in total. The number of halogens is 1. The van der Waals surface area contributed by atoms with Gasteiger partial charge in [-0.15, -0.1) is 6.58 Å². The van der Waals surface area contributed by atoms with Gasteiger partial charge in [0.1, 0.15) is 17.3 Å². The molecule has 1 aromatic rings. The molecule has 0 saturated carbocycles. The maximum Gasteiger partial charge on any atom is 0.239 e. The average Bonchev–Trinajstić information content (AvgIpc) is 2.18. The summed E-state index contributed by atoms with van der Waals surface area (Å²) in [6.07, 6.45) is 2.96. The van der Waals surface area contributed by atoms with Crippen molar-refractivity contribution in [2.75, 3.05) is 18.4 Å². The second-order valence-corrected chi connectivity index (χ2v) is 3.08. The van der Waals surface area contributed by atoms with Crippen LogP contribution in [-0.2, 0) is 4.79 Å². The minimum Gasteiger partial charge on any atom is -0.309 e. The van der Waals surface area contributed by atoms with Crippen molar-refractivity contribution in [3.05, 3.63) is 30.2 Å². The van der Waals surface area contributed by atoms with Crippen LogP contribution in [0.25, 0.3) is 0 Å². The van der Waals surface area contributed by atoms with Crippen molar-refractivity contribution in [3.8, 4) is 0 Å². The Hall–Kier alpha value is -1.46. The van der Waals surface area contributed by atoms with Crippen molar-refractivity contribution in [2.45, 2.75) is 0 Å². The summed E-state index contributed by atoms with van der Waals surface area (Å²) in [5.41, 5.74) is 0. The van der Waals surface area contributed by atoms with Gasteiger partial charge in [-0.3, -0.25) is 4.79 Å². The lowest BCUT2D eigenvalue weighted by Gasteiger charge is -2.04. The molecule has 2 N–H and O–H groups in total. The second kappa shape index (κ2) is 6.10. The highest BCUT2D eigenvalue weighted by atomic mass is 35.5. The third kappa shape index (κ3) is 4.53. The van der Waals surface area contributed by atoms with Gasteiger partial charge in [0, 0.05) is 12.6 Å². The van der Waals surface area contributed by atoms with Crippen LogP contribution >= 0.6 is 11.6 Å². The van der Waals surface area contributed by atoms with Crippen LogP contribution < -0.4 is 10.6 Å². The third-order valence-electron chi connectivity index (χ3n) is 1.48. The van der Waals surface area contributed by atoms with E-state index >= 15 is 0 Å². The zero-order chi connectivity index (χ0) is 11.1. The predicted octanol–water partition coefficient (Wildman–Crippen LogP) is 0.844. The van der Waals surface area contributed by atoms with Gasteiger partial charge < -0.3 is 10.6 Å². The molecule has 0 radical (unpaired) electrons. The standard InChI is InChI=1S/C9H11ClN4O/c1-2-3-11-5-9(15)14-8-4-7(10)12-6-13-8/h2,4,6,11H,1,3,5H2,(H,12,13,14,15). The lowest BCUT2D eigenvalue weighted by molar-refractivity contribution is -0.115. The van der Waals surface area contributed by atoms with Gasteiger partial charge in [0.05, 0.1) is 6.54 Å². The maximum atomic E-state index is 11.3. The molecule has 1 rings (SSSR count). The van der Waals surface area contributed by atoms with E-state index in [1.54, 1.807) is 6.08 Å². The van der Waals surface area contributed by atoms with Crippen LogP contribution in [0.5, 0.6) is 0 Å². The summed E-state index contributed by atoms with van der Waals surface area (Å²) < 4.78 is 0. The molecule has 80 valence electrons. The molecule has 0 fully saturated rings. The fourth-order valence-corrected chi connectivity index (χ4v) is 1.02. The molecule has 0 saturated heterocycles. The number of carbonyl (C=O) groups is 1. The Balaban J connectivity index is 2.40. The van der Waals surface area contributed by atoms with Crippen LogP contribution in [0.15, 0.2) is 25.0 Å². The van der Waals surface area contributed by atoms with Crippen LogP contribution in [0.4, 0.5) is 5.82 Å². The molecule has 1 amide bonds. The highest BCUT2D eigenvalue weighted by molar-refractivity contribution is 6.29. The largest absolute Gasteiger partial charge is 0.309 e. The van der Waals surface area contributed by atoms with Gasteiger partial charge in [0.15, 0.2) is 0 Å². The number of nitrogens with zero attached hydrogens (tertiary/aromatic N) is 2. The highest BCUT2D eigenvalue weighted by Crippen LogP contribution is 2.07. The minimum absolute atomic E-state index is 0.188. The monoisotopic (exact) mass is 226 g/mol. The Bertz CT molecular complexity index is 356. The van der Waals surface area contributed by atoms with Gasteiger partial charge in [0.2, 0.25) is 5.91 Å². The molecule has 0 aliphatic carbocycles. The molecular weight excluding hydrogens is 216 g/mol. The van der Waals surface area contributed by atoms with Gasteiger partial charge in [0.25, 0.3) is 0 Å². The molecule has 0 aliphatic rings. The SMILES string of the molecule is C=CCNCC(=O)Nc1cc(Cl)ncn1. The van der Waals surface area contributed by atoms with E-state index < -0.39 is 0 Å². The Morgan fingerprint density at radius 2 is 2.40 bits per heavy atom. The van der Waals surface area contributed by atoms with Gasteiger partial charge in [-0.25, -0.2) is 9.97 Å². The van der Waals surface area contributed by atoms with E-state index in [-0.39, 0.29) is 12.5 Å². The van der Waals surface area contributed by atoms with E-state index in [9.17, 15) is 4.79 Å². The van der Waals surface area contributed by atoms with Crippen molar-refractivity contribution in [2.24, 2.45) is 0 Å². The van der Waals surface area contributed by atoms with Crippen molar-refractivity contribution >= 4 is 23.3 Å². The second-order valence-electron chi connectivity index (χ2n) is 2.69. The first-order chi connectivity index (χ1) is 7.22. The fourth-order valence-electron chi connectivity index (χ4n) is 0.877. The molecular formula is C9H11ClN4O. The van der Waals surface area contributed by atoms with Gasteiger partial charge >= 0.3 is 0 Å². The number of amides is 1. The zero-order valence-corrected chi connectivity index (χ0v) is 8.79. The molecule has 0 spiro atoms. The van der Waals surface area contributed by atoms with Crippen LogP contribution in [0.1, 0.15) is 0 Å². The summed E-state index contributed by atoms with van der Waals surface area (Å²) in [5, 5.41) is 5.72. The molecule has 6 heteroatoms. The van der Waals surface area contributed by atoms with E-state index in [1.165, 1.54) is 12.4 Å². The first kappa shape index (κ1) is 11.6. The normalized spacial score (nSPS) is 9.67. The first-order valence-electron chi connectivity index (χ1n) is 4.31. The van der Waals surface area contributed by atoms with Crippen molar-refractivity contribution in [1.82, 2.24) is 15.3 Å². The van der Waals surface area contributed by atoms with E-state index in [2.05, 4.69) is 27.2 Å². The number of hydrogen-bond acceptors (Lipinski definition) is 4. The zero-order valence-electron chi connectivity index (χ0n) is 8.03. The van der Waals surface area contributed by atoms with Gasteiger partial charge in [-0.05, 0) is 0 Å². The van der Waals surface area contributed by atoms with Crippen LogP contribution in [0.3, 0.4) is 0 Å². The fraction of sp³-hybridized carbons (Fsp3) is 0.222. The summed E-state index contributed by atoms with van der Waals surface area (Å²) in [7, 11) is 0. The summed E-state index contributed by atoms with van der Waals surface area (Å²) >= 11 is 5.62. The molecule has 0 aliphatic heterocycles. The molecule has 0 atom stereocenters. The number of carbonyl (C=O) groups excluding carboxylic acids is 1. The van der Waals surface area contributed by atoms with E-state index in [0.29, 0.717) is 17.5 Å². The Kier molecular flexibility index (Phi) is 4.73. The topological polar surface area (TPSA) is 66.9 Å². The summed E-state index contributed by atoms with van der Waals surface area (Å²) in [6.45, 7) is 4.30. The van der Waals surface area contributed by atoms with Crippen LogP contribution in [0.2, 0.25) is 5.15 Å². The quantitative estimate of drug-likeness (QED) is 0.444. The summed E-state index contributed by atoms with van der Waals surface area (Å²) in [5.74, 6) is 0.201. The lowest BCUT2D eigenvalue weighted by atomic mass is 10.5. The molecule has 0 bridgehead atoms. The first-order valence-corrected chi connectivity index (χ1v) is 4.69. The number of anilines is 1. The van der Waals surface area contributed by atoms with Gasteiger partial charge in [-0.1, -0.05) is 17.7 Å².